The van der Waals surface area contributed by atoms with E-state index < -0.39 is 0 Å². The third-order valence-corrected chi connectivity index (χ3v) is 3.44. The molecule has 1 fully saturated rings. The fourth-order valence-electron chi connectivity index (χ4n) is 1.78. The molecule has 4 heteroatoms. The molecule has 0 aliphatic heterocycles. The largest absolute Gasteiger partial charge is 0.234 e. The highest BCUT2D eigenvalue weighted by Gasteiger charge is 2.20. The number of nitrogens with zero attached hydrogens (tertiary/aromatic N) is 1. The zero-order chi connectivity index (χ0) is 8.81. The van der Waals surface area contributed by atoms with Gasteiger partial charge in [-0.25, -0.2) is 7.93 Å². The van der Waals surface area contributed by atoms with Crippen molar-refractivity contribution in [1.82, 2.24) is 4.31 Å². The van der Waals surface area contributed by atoms with E-state index in [9.17, 15) is 0 Å². The number of rotatable bonds is 4. The quantitative estimate of drug-likeness (QED) is 0.432. The maximum absolute atomic E-state index is 4.79. The highest BCUT2D eigenvalue weighted by Crippen LogP contribution is 2.27. The molecule has 0 bridgehead atoms. The smallest absolute Gasteiger partial charge is 0.0962 e. The molecule has 0 unspecified atom stereocenters. The van der Waals surface area contributed by atoms with Gasteiger partial charge in [0.25, 0.3) is 0 Å². The summed E-state index contributed by atoms with van der Waals surface area (Å²) in [5, 5.41) is 0. The Kier molecular flexibility index (Phi) is 5.47. The summed E-state index contributed by atoms with van der Waals surface area (Å²) >= 11 is 5.14. The van der Waals surface area contributed by atoms with Gasteiger partial charge in [0.1, 0.15) is 0 Å². The standard InChI is InChI=1S/C8H17NOS2/c1-2-9(12-10-11)8-6-4-3-5-7-8/h8,11H,2-7H2,1H3. The molecule has 0 aromatic heterocycles. The van der Waals surface area contributed by atoms with Crippen LogP contribution in [0.2, 0.25) is 0 Å². The van der Waals surface area contributed by atoms with Crippen LogP contribution in [0.15, 0.2) is 0 Å². The lowest BCUT2D eigenvalue weighted by molar-refractivity contribution is 0.274. The van der Waals surface area contributed by atoms with Gasteiger partial charge in [0.05, 0.1) is 12.2 Å². The van der Waals surface area contributed by atoms with Gasteiger partial charge in [0, 0.05) is 12.6 Å². The van der Waals surface area contributed by atoms with E-state index in [0.29, 0.717) is 6.04 Å². The summed E-state index contributed by atoms with van der Waals surface area (Å²) in [5.74, 6) is 0. The average Bonchev–Trinajstić information content (AvgIpc) is 2.15. The molecular formula is C8H17NOS2. The Morgan fingerprint density at radius 1 is 1.42 bits per heavy atom. The van der Waals surface area contributed by atoms with Crippen LogP contribution < -0.4 is 0 Å². The van der Waals surface area contributed by atoms with Crippen molar-refractivity contribution in [3.8, 4) is 0 Å². The van der Waals surface area contributed by atoms with Crippen molar-refractivity contribution in [2.75, 3.05) is 6.54 Å². The van der Waals surface area contributed by atoms with Crippen LogP contribution in [0, 0.1) is 0 Å². The highest BCUT2D eigenvalue weighted by molar-refractivity contribution is 7.99. The van der Waals surface area contributed by atoms with Gasteiger partial charge in [-0.1, -0.05) is 26.2 Å². The lowest BCUT2D eigenvalue weighted by Gasteiger charge is -2.30. The average molecular weight is 207 g/mol. The topological polar surface area (TPSA) is 12.5 Å². The third-order valence-electron chi connectivity index (χ3n) is 2.42. The first-order valence-electron chi connectivity index (χ1n) is 4.63. The SMILES string of the molecule is CCN(SOS)C1CCCCC1. The van der Waals surface area contributed by atoms with Crippen LogP contribution in [0.1, 0.15) is 39.0 Å². The van der Waals surface area contributed by atoms with Gasteiger partial charge in [-0.15, -0.1) is 0 Å². The van der Waals surface area contributed by atoms with Crippen molar-refractivity contribution in [3.63, 3.8) is 0 Å². The molecule has 0 atom stereocenters. The molecule has 12 heavy (non-hydrogen) atoms. The first kappa shape index (κ1) is 10.7. The first-order valence-corrected chi connectivity index (χ1v) is 5.69. The molecule has 0 N–H and O–H groups in total. The molecule has 0 saturated heterocycles. The highest BCUT2D eigenvalue weighted by atomic mass is 32.2. The Morgan fingerprint density at radius 3 is 2.58 bits per heavy atom. The van der Waals surface area contributed by atoms with Crippen LogP contribution in [-0.4, -0.2) is 16.9 Å². The second-order valence-electron chi connectivity index (χ2n) is 3.17. The summed E-state index contributed by atoms with van der Waals surface area (Å²) < 4.78 is 7.07. The second kappa shape index (κ2) is 6.13. The minimum Gasteiger partial charge on any atom is -0.234 e. The van der Waals surface area contributed by atoms with Gasteiger partial charge in [0.15, 0.2) is 0 Å². The Labute approximate surface area is 85.0 Å². The lowest BCUT2D eigenvalue weighted by Crippen LogP contribution is -2.31. The van der Waals surface area contributed by atoms with Crippen molar-refractivity contribution in [2.24, 2.45) is 0 Å². The van der Waals surface area contributed by atoms with Gasteiger partial charge in [0.2, 0.25) is 0 Å². The maximum atomic E-state index is 4.79. The van der Waals surface area contributed by atoms with E-state index in [1.807, 2.05) is 0 Å². The minimum absolute atomic E-state index is 0.709. The van der Waals surface area contributed by atoms with E-state index in [1.54, 1.807) is 0 Å². The van der Waals surface area contributed by atoms with Crippen molar-refractivity contribution < 1.29 is 3.63 Å². The van der Waals surface area contributed by atoms with Crippen LogP contribution in [0.25, 0.3) is 0 Å². The predicted molar refractivity (Wildman–Crippen MR) is 56.9 cm³/mol. The van der Waals surface area contributed by atoms with Crippen molar-refractivity contribution in [3.05, 3.63) is 0 Å². The first-order chi connectivity index (χ1) is 5.88. The van der Waals surface area contributed by atoms with Gasteiger partial charge in [-0.05, 0) is 25.8 Å². The maximum Gasteiger partial charge on any atom is 0.0962 e. The van der Waals surface area contributed by atoms with E-state index in [-0.39, 0.29) is 0 Å². The molecule has 0 aromatic rings. The van der Waals surface area contributed by atoms with E-state index in [0.717, 1.165) is 6.54 Å². The Hall–Kier alpha value is 0.620. The molecule has 1 saturated carbocycles. The number of thiol groups is 1. The van der Waals surface area contributed by atoms with E-state index in [4.69, 9.17) is 3.63 Å². The van der Waals surface area contributed by atoms with Crippen LogP contribution >= 0.6 is 25.1 Å². The van der Waals surface area contributed by atoms with E-state index >= 15 is 0 Å². The van der Waals surface area contributed by atoms with Crippen LogP contribution in [0.3, 0.4) is 0 Å². The van der Waals surface area contributed by atoms with E-state index in [1.165, 1.54) is 44.3 Å². The molecule has 0 aromatic carbocycles. The van der Waals surface area contributed by atoms with E-state index in [2.05, 4.69) is 24.1 Å². The van der Waals surface area contributed by atoms with Gasteiger partial charge in [-0.3, -0.25) is 0 Å². The molecule has 0 amide bonds. The third kappa shape index (κ3) is 3.17. The monoisotopic (exact) mass is 207 g/mol. The van der Waals surface area contributed by atoms with Crippen molar-refractivity contribution in [2.45, 2.75) is 45.1 Å². The molecule has 1 aliphatic rings. The molecular weight excluding hydrogens is 190 g/mol. The molecule has 72 valence electrons. The summed E-state index contributed by atoms with van der Waals surface area (Å²) in [6, 6.07) is 0.709. The summed E-state index contributed by atoms with van der Waals surface area (Å²) in [6.45, 7) is 3.20. The van der Waals surface area contributed by atoms with Crippen LogP contribution in [-0.2, 0) is 3.63 Å². The van der Waals surface area contributed by atoms with Crippen molar-refractivity contribution >= 4 is 25.1 Å². The molecule has 1 rings (SSSR count). The summed E-state index contributed by atoms with van der Waals surface area (Å²) in [4.78, 5) is 0. The van der Waals surface area contributed by atoms with Gasteiger partial charge < -0.3 is 0 Å². The number of hydrogen-bond donors (Lipinski definition) is 1. The molecule has 1 aliphatic carbocycles. The van der Waals surface area contributed by atoms with Gasteiger partial charge >= 0.3 is 0 Å². The number of hydrogen-bond acceptors (Lipinski definition) is 4. The Morgan fingerprint density at radius 2 is 2.08 bits per heavy atom. The zero-order valence-corrected chi connectivity index (χ0v) is 9.24. The molecule has 2 nitrogen and oxygen atoms in total. The molecule has 0 radical (unpaired) electrons. The Bertz CT molecular complexity index is 115. The Balaban J connectivity index is 2.29. The predicted octanol–water partition coefficient (Wildman–Crippen LogP) is 3.07. The fraction of sp³-hybridized carbons (Fsp3) is 1.00. The lowest BCUT2D eigenvalue weighted by atomic mass is 9.95. The second-order valence-corrected chi connectivity index (χ2v) is 4.39. The fourth-order valence-corrected chi connectivity index (χ4v) is 2.56. The van der Waals surface area contributed by atoms with Crippen LogP contribution in [0.5, 0.6) is 0 Å². The summed E-state index contributed by atoms with van der Waals surface area (Å²) in [6.07, 6.45) is 6.78. The summed E-state index contributed by atoms with van der Waals surface area (Å²) in [5.41, 5.74) is 0. The normalized spacial score (nSPS) is 20.2. The summed E-state index contributed by atoms with van der Waals surface area (Å²) in [7, 11) is 0. The molecule has 0 heterocycles. The van der Waals surface area contributed by atoms with Crippen molar-refractivity contribution in [1.29, 1.82) is 0 Å². The van der Waals surface area contributed by atoms with Gasteiger partial charge in [-0.2, -0.15) is 0 Å². The molecule has 0 spiro atoms. The minimum atomic E-state index is 0.709. The van der Waals surface area contributed by atoms with Crippen LogP contribution in [0.4, 0.5) is 0 Å². The zero-order valence-electron chi connectivity index (χ0n) is 7.53.